The van der Waals surface area contributed by atoms with Crippen molar-refractivity contribution < 1.29 is 0 Å². The van der Waals surface area contributed by atoms with Crippen molar-refractivity contribution in [2.45, 2.75) is 43.7 Å². The van der Waals surface area contributed by atoms with Gasteiger partial charge in [0.2, 0.25) is 0 Å². The highest BCUT2D eigenvalue weighted by Crippen LogP contribution is 2.30. The molecule has 0 amide bonds. The van der Waals surface area contributed by atoms with Gasteiger partial charge in [0.25, 0.3) is 0 Å². The van der Waals surface area contributed by atoms with Crippen molar-refractivity contribution in [2.75, 3.05) is 19.6 Å². The zero-order chi connectivity index (χ0) is 13.8. The van der Waals surface area contributed by atoms with Crippen LogP contribution in [0.15, 0.2) is 30.3 Å². The van der Waals surface area contributed by atoms with Crippen LogP contribution in [0.25, 0.3) is 0 Å². The van der Waals surface area contributed by atoms with Gasteiger partial charge in [0.15, 0.2) is 0 Å². The molecule has 3 rings (SSSR count). The Balaban J connectivity index is 1.83. The first kappa shape index (κ1) is 13.6. The van der Waals surface area contributed by atoms with Gasteiger partial charge in [0, 0.05) is 12.6 Å². The topological polar surface area (TPSA) is 39.1 Å². The van der Waals surface area contributed by atoms with Crippen LogP contribution in [-0.4, -0.2) is 30.6 Å². The highest BCUT2D eigenvalue weighted by molar-refractivity contribution is 5.33. The third kappa shape index (κ3) is 3.03. The van der Waals surface area contributed by atoms with E-state index in [-0.39, 0.29) is 0 Å². The van der Waals surface area contributed by atoms with Crippen LogP contribution in [0.1, 0.15) is 37.7 Å². The Hall–Kier alpha value is -1.37. The van der Waals surface area contributed by atoms with Gasteiger partial charge in [-0.2, -0.15) is 5.26 Å². The van der Waals surface area contributed by atoms with Gasteiger partial charge in [-0.15, -0.1) is 0 Å². The first-order chi connectivity index (χ1) is 9.82. The smallest absolute Gasteiger partial charge is 0.145 e. The maximum Gasteiger partial charge on any atom is 0.145 e. The standard InChI is InChI=1S/C17H23N3/c18-13-17(19-16-9-10-16,15-7-3-1-4-8-15)14-20-11-5-2-6-12-20/h1,3-4,7-8,16,19H,2,5-6,9-12,14H2. The van der Waals surface area contributed by atoms with Gasteiger partial charge in [-0.05, 0) is 44.3 Å². The summed E-state index contributed by atoms with van der Waals surface area (Å²) in [5, 5.41) is 13.5. The lowest BCUT2D eigenvalue weighted by Crippen LogP contribution is -2.52. The Bertz CT molecular complexity index is 469. The van der Waals surface area contributed by atoms with E-state index >= 15 is 0 Å². The number of nitrogens with zero attached hydrogens (tertiary/aromatic N) is 2. The number of piperidine rings is 1. The molecule has 1 aliphatic heterocycles. The molecule has 0 bridgehead atoms. The average Bonchev–Trinajstić information content (AvgIpc) is 3.32. The maximum atomic E-state index is 9.90. The van der Waals surface area contributed by atoms with Gasteiger partial charge in [0.05, 0.1) is 6.07 Å². The van der Waals surface area contributed by atoms with Crippen LogP contribution in [0.2, 0.25) is 0 Å². The van der Waals surface area contributed by atoms with Gasteiger partial charge < -0.3 is 4.90 Å². The molecule has 20 heavy (non-hydrogen) atoms. The number of hydrogen-bond acceptors (Lipinski definition) is 3. The zero-order valence-electron chi connectivity index (χ0n) is 12.0. The summed E-state index contributed by atoms with van der Waals surface area (Å²) in [4.78, 5) is 2.45. The lowest BCUT2D eigenvalue weighted by Gasteiger charge is -2.36. The van der Waals surface area contributed by atoms with E-state index in [9.17, 15) is 5.26 Å². The van der Waals surface area contributed by atoms with Crippen LogP contribution in [0.4, 0.5) is 0 Å². The number of likely N-dealkylation sites (tertiary alicyclic amines) is 1. The third-order valence-electron chi connectivity index (χ3n) is 4.39. The van der Waals surface area contributed by atoms with Gasteiger partial charge in [-0.25, -0.2) is 0 Å². The molecule has 1 unspecified atom stereocenters. The fourth-order valence-electron chi connectivity index (χ4n) is 3.10. The summed E-state index contributed by atoms with van der Waals surface area (Å²) in [5.41, 5.74) is 0.569. The van der Waals surface area contributed by atoms with Crippen LogP contribution in [0.3, 0.4) is 0 Å². The van der Waals surface area contributed by atoms with E-state index in [2.05, 4.69) is 28.4 Å². The van der Waals surface area contributed by atoms with E-state index in [4.69, 9.17) is 0 Å². The summed E-state index contributed by atoms with van der Waals surface area (Å²) in [6.45, 7) is 3.06. The van der Waals surface area contributed by atoms with Gasteiger partial charge in [-0.3, -0.25) is 5.32 Å². The molecule has 1 heterocycles. The zero-order valence-corrected chi connectivity index (χ0v) is 12.0. The van der Waals surface area contributed by atoms with Crippen LogP contribution in [-0.2, 0) is 5.54 Å². The highest BCUT2D eigenvalue weighted by atomic mass is 15.2. The lowest BCUT2D eigenvalue weighted by atomic mass is 9.89. The highest BCUT2D eigenvalue weighted by Gasteiger charge is 2.39. The summed E-state index contributed by atoms with van der Waals surface area (Å²) in [5.74, 6) is 0. The van der Waals surface area contributed by atoms with Crippen molar-refractivity contribution in [3.63, 3.8) is 0 Å². The number of rotatable bonds is 5. The van der Waals surface area contributed by atoms with Crippen LogP contribution in [0.5, 0.6) is 0 Å². The first-order valence-corrected chi connectivity index (χ1v) is 7.79. The summed E-state index contributed by atoms with van der Waals surface area (Å²) in [6, 6.07) is 13.4. The van der Waals surface area contributed by atoms with Gasteiger partial charge >= 0.3 is 0 Å². The molecule has 1 saturated carbocycles. The molecule has 3 heteroatoms. The van der Waals surface area contributed by atoms with Crippen LogP contribution in [0, 0.1) is 11.3 Å². The minimum absolute atomic E-state index is 0.527. The number of nitriles is 1. The minimum Gasteiger partial charge on any atom is -0.300 e. The molecule has 1 N–H and O–H groups in total. The molecule has 3 nitrogen and oxygen atoms in total. The van der Waals surface area contributed by atoms with Crippen molar-refractivity contribution in [3.8, 4) is 6.07 Å². The molecule has 106 valence electrons. The molecule has 1 aliphatic carbocycles. The van der Waals surface area contributed by atoms with Gasteiger partial charge in [-0.1, -0.05) is 36.8 Å². The Labute approximate surface area is 121 Å². The van der Waals surface area contributed by atoms with Crippen LogP contribution >= 0.6 is 0 Å². The molecule has 2 fully saturated rings. The second kappa shape index (κ2) is 5.95. The van der Waals surface area contributed by atoms with E-state index in [1.807, 2.05) is 18.2 Å². The number of nitrogens with one attached hydrogen (secondary N) is 1. The maximum absolute atomic E-state index is 9.90. The summed E-state index contributed by atoms with van der Waals surface area (Å²) < 4.78 is 0. The Morgan fingerprint density at radius 2 is 1.85 bits per heavy atom. The number of hydrogen-bond donors (Lipinski definition) is 1. The fourth-order valence-corrected chi connectivity index (χ4v) is 3.10. The molecular formula is C17H23N3. The van der Waals surface area contributed by atoms with Crippen molar-refractivity contribution >= 4 is 0 Å². The molecule has 0 spiro atoms. The normalized spacial score (nSPS) is 22.9. The molecule has 1 saturated heterocycles. The molecule has 1 aromatic rings. The van der Waals surface area contributed by atoms with Gasteiger partial charge in [0.1, 0.15) is 5.54 Å². The second-order valence-corrected chi connectivity index (χ2v) is 6.14. The first-order valence-electron chi connectivity index (χ1n) is 7.79. The lowest BCUT2D eigenvalue weighted by molar-refractivity contribution is 0.179. The summed E-state index contributed by atoms with van der Waals surface area (Å²) >= 11 is 0. The predicted octanol–water partition coefficient (Wildman–Crippen LogP) is 2.64. The second-order valence-electron chi connectivity index (χ2n) is 6.14. The largest absolute Gasteiger partial charge is 0.300 e. The Morgan fingerprint density at radius 3 is 2.45 bits per heavy atom. The molecule has 0 radical (unpaired) electrons. The van der Waals surface area contributed by atoms with Crippen molar-refractivity contribution in [1.82, 2.24) is 10.2 Å². The van der Waals surface area contributed by atoms with E-state index in [0.29, 0.717) is 6.04 Å². The van der Waals surface area contributed by atoms with E-state index in [1.165, 1.54) is 32.1 Å². The summed E-state index contributed by atoms with van der Waals surface area (Å²) in [6.07, 6.45) is 6.27. The van der Waals surface area contributed by atoms with Crippen molar-refractivity contribution in [1.29, 1.82) is 5.26 Å². The molecule has 1 aromatic carbocycles. The monoisotopic (exact) mass is 269 g/mol. The molecular weight excluding hydrogens is 246 g/mol. The van der Waals surface area contributed by atoms with E-state index in [0.717, 1.165) is 25.2 Å². The molecule has 1 atom stereocenters. The molecule has 2 aliphatic rings. The third-order valence-corrected chi connectivity index (χ3v) is 4.39. The molecule has 0 aromatic heterocycles. The number of benzene rings is 1. The predicted molar refractivity (Wildman–Crippen MR) is 80.2 cm³/mol. The fraction of sp³-hybridized carbons (Fsp3) is 0.588. The SMILES string of the molecule is N#CC(CN1CCCCC1)(NC1CC1)c1ccccc1. The van der Waals surface area contributed by atoms with Crippen molar-refractivity contribution in [3.05, 3.63) is 35.9 Å². The van der Waals surface area contributed by atoms with Crippen LogP contribution < -0.4 is 5.32 Å². The minimum atomic E-state index is -0.542. The Morgan fingerprint density at radius 1 is 1.15 bits per heavy atom. The summed E-state index contributed by atoms with van der Waals surface area (Å²) in [7, 11) is 0. The van der Waals surface area contributed by atoms with E-state index in [1.54, 1.807) is 0 Å². The van der Waals surface area contributed by atoms with E-state index < -0.39 is 5.54 Å². The van der Waals surface area contributed by atoms with Crippen molar-refractivity contribution in [2.24, 2.45) is 0 Å². The quantitative estimate of drug-likeness (QED) is 0.893. The Kier molecular flexibility index (Phi) is 4.05. The average molecular weight is 269 g/mol.